The Balaban J connectivity index is 1.38. The lowest BCUT2D eigenvalue weighted by Crippen LogP contribution is -2.20. The number of carbonyl (C=O) groups excluding carboxylic acids is 1. The van der Waals surface area contributed by atoms with Crippen molar-refractivity contribution in [3.05, 3.63) is 90.6 Å². The molecule has 0 spiro atoms. The van der Waals surface area contributed by atoms with Crippen LogP contribution in [-0.4, -0.2) is 31.5 Å². The van der Waals surface area contributed by atoms with E-state index in [1.54, 1.807) is 62.9 Å². The van der Waals surface area contributed by atoms with Gasteiger partial charge in [-0.1, -0.05) is 24.3 Å². The zero-order valence-corrected chi connectivity index (χ0v) is 20.7. The van der Waals surface area contributed by atoms with E-state index >= 15 is 0 Å². The number of anilines is 1. The van der Waals surface area contributed by atoms with Gasteiger partial charge in [0.15, 0.2) is 11.5 Å². The van der Waals surface area contributed by atoms with Gasteiger partial charge in [-0.2, -0.15) is 0 Å². The molecule has 0 atom stereocenters. The minimum atomic E-state index is -4.92. The maximum Gasteiger partial charge on any atom is 0.573 e. The molecule has 5 rings (SSSR count). The smallest absolute Gasteiger partial charge is 0.493 e. The minimum absolute atomic E-state index is 0.238. The number of nitrogens with one attached hydrogen (secondary N) is 1. The van der Waals surface area contributed by atoms with Crippen LogP contribution in [0, 0.1) is 0 Å². The van der Waals surface area contributed by atoms with Crippen molar-refractivity contribution in [3.8, 4) is 28.7 Å². The van der Waals surface area contributed by atoms with Crippen LogP contribution in [-0.2, 0) is 0 Å². The van der Waals surface area contributed by atoms with Gasteiger partial charge in [0.05, 0.1) is 25.3 Å². The number of pyridine rings is 1. The number of alkyl halides is 3. The second-order valence-corrected chi connectivity index (χ2v) is 8.36. The van der Waals surface area contributed by atoms with Gasteiger partial charge in [0.2, 0.25) is 0 Å². The first kappa shape index (κ1) is 25.7. The highest BCUT2D eigenvalue weighted by molar-refractivity contribution is 6.07. The van der Waals surface area contributed by atoms with Gasteiger partial charge in [-0.25, -0.2) is 0 Å². The number of para-hydroxylation sites is 1. The molecule has 198 valence electrons. The van der Waals surface area contributed by atoms with Gasteiger partial charge >= 0.3 is 6.36 Å². The van der Waals surface area contributed by atoms with Crippen molar-refractivity contribution in [2.24, 2.45) is 0 Å². The van der Waals surface area contributed by atoms with Crippen molar-refractivity contribution in [2.45, 2.75) is 6.36 Å². The molecule has 7 nitrogen and oxygen atoms in total. The number of aromatic nitrogens is 1. The standard InChI is InChI=1S/C29H21F3N2O5/c1-36-26-15-22-23(16-27(26)37-2)33-12-11-24(22)38-20-10-8-17-13-19(9-7-18(17)14-20)34-28(35)21-5-3-4-6-25(21)39-29(30,31)32/h3-16H,1-2H3,(H,34,35). The fourth-order valence-corrected chi connectivity index (χ4v) is 4.09. The number of amides is 1. The predicted octanol–water partition coefficient (Wildman–Crippen LogP) is 7.35. The summed E-state index contributed by atoms with van der Waals surface area (Å²) in [5.41, 5.74) is 0.843. The van der Waals surface area contributed by atoms with Crippen LogP contribution in [0.4, 0.5) is 18.9 Å². The highest BCUT2D eigenvalue weighted by Gasteiger charge is 2.32. The van der Waals surface area contributed by atoms with E-state index in [1.807, 2.05) is 12.1 Å². The second kappa shape index (κ2) is 10.4. The van der Waals surface area contributed by atoms with Crippen molar-refractivity contribution in [1.82, 2.24) is 4.98 Å². The summed E-state index contributed by atoms with van der Waals surface area (Å²) in [7, 11) is 3.10. The molecule has 0 bridgehead atoms. The average Bonchev–Trinajstić information content (AvgIpc) is 2.92. The number of hydrogen-bond donors (Lipinski definition) is 1. The molecular formula is C29H21F3N2O5. The van der Waals surface area contributed by atoms with Gasteiger partial charge in [-0.05, 0) is 59.3 Å². The van der Waals surface area contributed by atoms with E-state index < -0.39 is 18.0 Å². The Hall–Kier alpha value is -4.99. The Morgan fingerprint density at radius 2 is 1.51 bits per heavy atom. The van der Waals surface area contributed by atoms with Gasteiger partial charge in [-0.15, -0.1) is 13.2 Å². The monoisotopic (exact) mass is 534 g/mol. The Labute approximate surface area is 220 Å². The molecule has 0 aliphatic carbocycles. The number of nitrogens with zero attached hydrogens (tertiary/aromatic N) is 1. The Morgan fingerprint density at radius 3 is 2.28 bits per heavy atom. The zero-order valence-electron chi connectivity index (χ0n) is 20.7. The van der Waals surface area contributed by atoms with Crippen molar-refractivity contribution in [2.75, 3.05) is 19.5 Å². The molecule has 0 unspecified atom stereocenters. The summed E-state index contributed by atoms with van der Waals surface area (Å²) in [5, 5.41) is 4.97. The van der Waals surface area contributed by atoms with Crippen LogP contribution < -0.4 is 24.3 Å². The highest BCUT2D eigenvalue weighted by Crippen LogP contribution is 2.37. The number of benzene rings is 4. The van der Waals surface area contributed by atoms with Crippen LogP contribution in [0.2, 0.25) is 0 Å². The molecule has 0 aliphatic heterocycles. The van der Waals surface area contributed by atoms with E-state index in [1.165, 1.54) is 18.2 Å². The number of ether oxygens (including phenoxy) is 4. The molecule has 1 heterocycles. The van der Waals surface area contributed by atoms with Gasteiger partial charge in [0.25, 0.3) is 5.91 Å². The van der Waals surface area contributed by atoms with Crippen molar-refractivity contribution in [1.29, 1.82) is 0 Å². The third-order valence-corrected chi connectivity index (χ3v) is 5.86. The summed E-state index contributed by atoms with van der Waals surface area (Å²) in [4.78, 5) is 17.1. The Bertz CT molecular complexity index is 1690. The summed E-state index contributed by atoms with van der Waals surface area (Å²) < 4.78 is 59.1. The molecule has 0 aliphatic rings. The van der Waals surface area contributed by atoms with E-state index in [4.69, 9.17) is 14.2 Å². The van der Waals surface area contributed by atoms with Crippen LogP contribution in [0.15, 0.2) is 85.1 Å². The first-order valence-electron chi connectivity index (χ1n) is 11.6. The lowest BCUT2D eigenvalue weighted by Gasteiger charge is -2.14. The van der Waals surface area contributed by atoms with Crippen LogP contribution >= 0.6 is 0 Å². The quantitative estimate of drug-likeness (QED) is 0.235. The largest absolute Gasteiger partial charge is 0.573 e. The van der Waals surface area contributed by atoms with Gasteiger partial charge in [-0.3, -0.25) is 9.78 Å². The van der Waals surface area contributed by atoms with Crippen LogP contribution in [0.25, 0.3) is 21.7 Å². The number of carbonyl (C=O) groups is 1. The van der Waals surface area contributed by atoms with E-state index in [-0.39, 0.29) is 5.56 Å². The molecule has 4 aromatic carbocycles. The fraction of sp³-hybridized carbons (Fsp3) is 0.103. The molecule has 0 fully saturated rings. The lowest BCUT2D eigenvalue weighted by atomic mass is 10.1. The number of rotatable bonds is 7. The zero-order chi connectivity index (χ0) is 27.6. The van der Waals surface area contributed by atoms with Crippen LogP contribution in [0.1, 0.15) is 10.4 Å². The SMILES string of the molecule is COc1cc2nccc(Oc3ccc4cc(NC(=O)c5ccccc5OC(F)(F)F)ccc4c3)c2cc1OC. The second-order valence-electron chi connectivity index (χ2n) is 8.36. The molecule has 1 amide bonds. The topological polar surface area (TPSA) is 78.9 Å². The molecule has 0 saturated carbocycles. The van der Waals surface area contributed by atoms with Crippen molar-refractivity contribution < 1.29 is 36.9 Å². The fourth-order valence-electron chi connectivity index (χ4n) is 4.09. The highest BCUT2D eigenvalue weighted by atomic mass is 19.4. The molecule has 39 heavy (non-hydrogen) atoms. The van der Waals surface area contributed by atoms with Crippen LogP contribution in [0.3, 0.4) is 0 Å². The summed E-state index contributed by atoms with van der Waals surface area (Å²) in [6.07, 6.45) is -3.28. The molecule has 5 aromatic rings. The van der Waals surface area contributed by atoms with E-state index in [0.717, 1.165) is 22.2 Å². The van der Waals surface area contributed by atoms with Gasteiger partial charge < -0.3 is 24.3 Å². The molecule has 10 heteroatoms. The predicted molar refractivity (Wildman–Crippen MR) is 140 cm³/mol. The summed E-state index contributed by atoms with van der Waals surface area (Å²) in [6, 6.07) is 21.0. The first-order valence-corrected chi connectivity index (χ1v) is 11.6. The summed E-state index contributed by atoms with van der Waals surface area (Å²) in [5.74, 6) is 0.933. The summed E-state index contributed by atoms with van der Waals surface area (Å²) in [6.45, 7) is 0. The average molecular weight is 534 g/mol. The minimum Gasteiger partial charge on any atom is -0.493 e. The first-order chi connectivity index (χ1) is 18.7. The van der Waals surface area contributed by atoms with Gasteiger partial charge in [0, 0.05) is 23.3 Å². The molecule has 1 aromatic heterocycles. The van der Waals surface area contributed by atoms with E-state index in [2.05, 4.69) is 15.0 Å². The van der Waals surface area contributed by atoms with Crippen molar-refractivity contribution in [3.63, 3.8) is 0 Å². The van der Waals surface area contributed by atoms with E-state index in [9.17, 15) is 18.0 Å². The normalized spacial score (nSPS) is 11.3. The lowest BCUT2D eigenvalue weighted by molar-refractivity contribution is -0.274. The maximum atomic E-state index is 12.7. The van der Waals surface area contributed by atoms with E-state index in [0.29, 0.717) is 34.2 Å². The summed E-state index contributed by atoms with van der Waals surface area (Å²) >= 11 is 0. The third kappa shape index (κ3) is 5.64. The number of methoxy groups -OCH3 is 2. The Kier molecular flexibility index (Phi) is 6.84. The maximum absolute atomic E-state index is 12.7. The number of halogens is 3. The molecular weight excluding hydrogens is 513 g/mol. The third-order valence-electron chi connectivity index (χ3n) is 5.86. The number of fused-ring (bicyclic) bond motifs is 2. The van der Waals surface area contributed by atoms with Gasteiger partial charge in [0.1, 0.15) is 17.2 Å². The Morgan fingerprint density at radius 1 is 0.795 bits per heavy atom. The number of hydrogen-bond acceptors (Lipinski definition) is 6. The van der Waals surface area contributed by atoms with Crippen LogP contribution in [0.5, 0.6) is 28.7 Å². The molecule has 0 radical (unpaired) electrons. The molecule has 0 saturated heterocycles. The molecule has 1 N–H and O–H groups in total. The van der Waals surface area contributed by atoms with Crippen molar-refractivity contribution >= 4 is 33.3 Å².